The standard InChI is InChI=1S/C18H27N5/c1-14(2)17(22-11-9-15(3)10-12-22)18-19-20-21-23(18)13-16-7-5-4-6-8-16/h4-8,14-15,17H,9-13H2,1-3H3. The van der Waals surface area contributed by atoms with Gasteiger partial charge in [-0.05, 0) is 53.8 Å². The molecule has 1 aliphatic rings. The fourth-order valence-electron chi connectivity index (χ4n) is 3.48. The largest absolute Gasteiger partial charge is 0.293 e. The zero-order valence-electron chi connectivity index (χ0n) is 14.4. The Bertz CT molecular complexity index is 599. The van der Waals surface area contributed by atoms with Crippen LogP contribution in [-0.4, -0.2) is 38.2 Å². The highest BCUT2D eigenvalue weighted by molar-refractivity contribution is 5.15. The van der Waals surface area contributed by atoms with Crippen LogP contribution < -0.4 is 0 Å². The van der Waals surface area contributed by atoms with Gasteiger partial charge in [0.05, 0.1) is 12.6 Å². The molecule has 1 saturated heterocycles. The van der Waals surface area contributed by atoms with E-state index in [1.807, 2.05) is 10.7 Å². The first-order valence-electron chi connectivity index (χ1n) is 8.69. The van der Waals surface area contributed by atoms with Crippen molar-refractivity contribution in [1.29, 1.82) is 0 Å². The van der Waals surface area contributed by atoms with Crippen LogP contribution in [0.2, 0.25) is 0 Å². The molecule has 0 bridgehead atoms. The lowest BCUT2D eigenvalue weighted by Crippen LogP contribution is -2.39. The Morgan fingerprint density at radius 2 is 1.83 bits per heavy atom. The number of hydrogen-bond acceptors (Lipinski definition) is 4. The summed E-state index contributed by atoms with van der Waals surface area (Å²) < 4.78 is 1.97. The van der Waals surface area contributed by atoms with Gasteiger partial charge in [-0.1, -0.05) is 51.1 Å². The summed E-state index contributed by atoms with van der Waals surface area (Å²) in [4.78, 5) is 2.57. The Kier molecular flexibility index (Phi) is 5.06. The number of aromatic nitrogens is 4. The minimum Gasteiger partial charge on any atom is -0.293 e. The minimum absolute atomic E-state index is 0.293. The average molecular weight is 313 g/mol. The van der Waals surface area contributed by atoms with Crippen LogP contribution in [0.3, 0.4) is 0 Å². The summed E-state index contributed by atoms with van der Waals surface area (Å²) in [5.41, 5.74) is 1.23. The summed E-state index contributed by atoms with van der Waals surface area (Å²) in [6.07, 6.45) is 2.53. The molecular formula is C18H27N5. The van der Waals surface area contributed by atoms with Crippen molar-refractivity contribution in [2.24, 2.45) is 11.8 Å². The van der Waals surface area contributed by atoms with Gasteiger partial charge in [0.1, 0.15) is 0 Å². The summed E-state index contributed by atoms with van der Waals surface area (Å²) in [5.74, 6) is 2.32. The van der Waals surface area contributed by atoms with Crippen molar-refractivity contribution in [3.05, 3.63) is 41.7 Å². The Balaban J connectivity index is 1.82. The number of hydrogen-bond donors (Lipinski definition) is 0. The second-order valence-corrected chi connectivity index (χ2v) is 7.09. The zero-order chi connectivity index (χ0) is 16.2. The van der Waals surface area contributed by atoms with Crippen LogP contribution in [-0.2, 0) is 6.54 Å². The highest BCUT2D eigenvalue weighted by Gasteiger charge is 2.31. The van der Waals surface area contributed by atoms with E-state index in [0.717, 1.165) is 31.4 Å². The maximum Gasteiger partial charge on any atom is 0.169 e. The number of likely N-dealkylation sites (tertiary alicyclic amines) is 1. The highest BCUT2D eigenvalue weighted by atomic mass is 15.5. The minimum atomic E-state index is 0.293. The van der Waals surface area contributed by atoms with Gasteiger partial charge in [-0.3, -0.25) is 4.90 Å². The summed E-state index contributed by atoms with van der Waals surface area (Å²) in [5, 5.41) is 12.6. The van der Waals surface area contributed by atoms with E-state index in [9.17, 15) is 0 Å². The van der Waals surface area contributed by atoms with E-state index < -0.39 is 0 Å². The second kappa shape index (κ2) is 7.21. The molecule has 1 aromatic heterocycles. The van der Waals surface area contributed by atoms with Gasteiger partial charge in [-0.25, -0.2) is 4.68 Å². The quantitative estimate of drug-likeness (QED) is 0.851. The molecule has 0 radical (unpaired) electrons. The molecule has 5 heteroatoms. The van der Waals surface area contributed by atoms with Gasteiger partial charge in [0.25, 0.3) is 0 Å². The van der Waals surface area contributed by atoms with Gasteiger partial charge < -0.3 is 0 Å². The molecule has 124 valence electrons. The maximum atomic E-state index is 4.39. The maximum absolute atomic E-state index is 4.39. The molecule has 1 aliphatic heterocycles. The SMILES string of the molecule is CC1CCN(C(c2nnnn2Cc2ccccc2)C(C)C)CC1. The monoisotopic (exact) mass is 313 g/mol. The van der Waals surface area contributed by atoms with Gasteiger partial charge in [0.15, 0.2) is 5.82 Å². The number of nitrogens with zero attached hydrogens (tertiary/aromatic N) is 5. The van der Waals surface area contributed by atoms with Crippen molar-refractivity contribution < 1.29 is 0 Å². The average Bonchev–Trinajstić information content (AvgIpc) is 2.98. The molecule has 1 unspecified atom stereocenters. The van der Waals surface area contributed by atoms with Gasteiger partial charge >= 0.3 is 0 Å². The lowest BCUT2D eigenvalue weighted by atomic mass is 9.94. The van der Waals surface area contributed by atoms with E-state index in [4.69, 9.17) is 0 Å². The number of rotatable bonds is 5. The van der Waals surface area contributed by atoms with E-state index in [0.29, 0.717) is 12.0 Å². The molecule has 0 aliphatic carbocycles. The molecule has 1 atom stereocenters. The first kappa shape index (κ1) is 16.1. The molecule has 0 saturated carbocycles. The topological polar surface area (TPSA) is 46.8 Å². The fourth-order valence-corrected chi connectivity index (χ4v) is 3.48. The highest BCUT2D eigenvalue weighted by Crippen LogP contribution is 2.31. The number of benzene rings is 1. The molecule has 1 fully saturated rings. The Morgan fingerprint density at radius 3 is 2.48 bits per heavy atom. The van der Waals surface area contributed by atoms with Crippen molar-refractivity contribution in [1.82, 2.24) is 25.1 Å². The first-order chi connectivity index (χ1) is 11.1. The third-order valence-corrected chi connectivity index (χ3v) is 4.84. The molecule has 0 spiro atoms. The van der Waals surface area contributed by atoms with Crippen LogP contribution in [0, 0.1) is 11.8 Å². The molecule has 0 N–H and O–H groups in total. The third-order valence-electron chi connectivity index (χ3n) is 4.84. The zero-order valence-corrected chi connectivity index (χ0v) is 14.4. The van der Waals surface area contributed by atoms with Gasteiger partial charge in [-0.15, -0.1) is 5.10 Å². The van der Waals surface area contributed by atoms with E-state index >= 15 is 0 Å². The lowest BCUT2D eigenvalue weighted by Gasteiger charge is -2.37. The summed E-state index contributed by atoms with van der Waals surface area (Å²) in [6, 6.07) is 10.7. The van der Waals surface area contributed by atoms with Crippen LogP contribution in [0.25, 0.3) is 0 Å². The second-order valence-electron chi connectivity index (χ2n) is 7.09. The number of piperidine rings is 1. The van der Waals surface area contributed by atoms with E-state index in [2.05, 4.69) is 65.5 Å². The van der Waals surface area contributed by atoms with Crippen molar-refractivity contribution in [3.8, 4) is 0 Å². The molecule has 1 aromatic carbocycles. The van der Waals surface area contributed by atoms with Crippen molar-refractivity contribution in [3.63, 3.8) is 0 Å². The Labute approximate surface area is 138 Å². The summed E-state index contributed by atoms with van der Waals surface area (Å²) >= 11 is 0. The van der Waals surface area contributed by atoms with Crippen molar-refractivity contribution in [2.45, 2.75) is 46.2 Å². The summed E-state index contributed by atoms with van der Waals surface area (Å²) in [7, 11) is 0. The molecule has 2 aromatic rings. The molecule has 23 heavy (non-hydrogen) atoms. The summed E-state index contributed by atoms with van der Waals surface area (Å²) in [6.45, 7) is 9.90. The van der Waals surface area contributed by atoms with Crippen LogP contribution in [0.4, 0.5) is 0 Å². The molecule has 2 heterocycles. The normalized spacial score (nSPS) is 18.4. The van der Waals surface area contributed by atoms with Gasteiger partial charge in [0, 0.05) is 0 Å². The predicted molar refractivity (Wildman–Crippen MR) is 90.9 cm³/mol. The van der Waals surface area contributed by atoms with E-state index in [-0.39, 0.29) is 0 Å². The molecule has 5 nitrogen and oxygen atoms in total. The predicted octanol–water partition coefficient (Wildman–Crippen LogP) is 3.15. The third kappa shape index (κ3) is 3.78. The Hall–Kier alpha value is -1.75. The molecular weight excluding hydrogens is 286 g/mol. The van der Waals surface area contributed by atoms with E-state index in [1.54, 1.807) is 0 Å². The van der Waals surface area contributed by atoms with E-state index in [1.165, 1.54) is 18.4 Å². The fraction of sp³-hybridized carbons (Fsp3) is 0.611. The van der Waals surface area contributed by atoms with Crippen LogP contribution in [0.15, 0.2) is 30.3 Å². The van der Waals surface area contributed by atoms with Gasteiger partial charge in [-0.2, -0.15) is 0 Å². The molecule has 0 amide bonds. The van der Waals surface area contributed by atoms with Gasteiger partial charge in [0.2, 0.25) is 0 Å². The first-order valence-corrected chi connectivity index (χ1v) is 8.69. The van der Waals surface area contributed by atoms with Crippen LogP contribution >= 0.6 is 0 Å². The lowest BCUT2D eigenvalue weighted by molar-refractivity contribution is 0.0995. The molecule has 3 rings (SSSR count). The smallest absolute Gasteiger partial charge is 0.169 e. The van der Waals surface area contributed by atoms with Crippen molar-refractivity contribution >= 4 is 0 Å². The number of tetrazole rings is 1. The van der Waals surface area contributed by atoms with Crippen LogP contribution in [0.5, 0.6) is 0 Å². The van der Waals surface area contributed by atoms with Crippen molar-refractivity contribution in [2.75, 3.05) is 13.1 Å². The Morgan fingerprint density at radius 1 is 1.13 bits per heavy atom. The van der Waals surface area contributed by atoms with Crippen LogP contribution in [0.1, 0.15) is 51.0 Å².